The zero-order chi connectivity index (χ0) is 43.6. The number of thiophene rings is 1. The van der Waals surface area contributed by atoms with E-state index in [1.165, 1.54) is 97.5 Å². The summed E-state index contributed by atoms with van der Waals surface area (Å²) in [6, 6.07) is 52.4. The number of hydrogen-bond acceptors (Lipinski definition) is 3. The Labute approximate surface area is 378 Å². The Kier molecular flexibility index (Phi) is 7.59. The van der Waals surface area contributed by atoms with Gasteiger partial charge in [0, 0.05) is 75.7 Å². The Bertz CT molecular complexity index is 3830. The molecule has 1 aliphatic carbocycles. The van der Waals surface area contributed by atoms with Gasteiger partial charge in [-0.2, -0.15) is 0 Å². The maximum absolute atomic E-state index is 6.64. The molecule has 0 fully saturated rings. The lowest BCUT2D eigenvalue weighted by Gasteiger charge is -2.27. The van der Waals surface area contributed by atoms with Gasteiger partial charge in [-0.25, -0.2) is 0 Å². The minimum absolute atomic E-state index is 0.0174. The summed E-state index contributed by atoms with van der Waals surface area (Å²) >= 11 is 1.92. The summed E-state index contributed by atoms with van der Waals surface area (Å²) in [5, 5.41) is 11.5. The first-order chi connectivity index (χ1) is 30.7. The fourth-order valence-electron chi connectivity index (χ4n) is 11.1. The molecule has 2 aliphatic rings. The van der Waals surface area contributed by atoms with Crippen LogP contribution in [0.2, 0.25) is 0 Å². The number of para-hydroxylation sites is 1. The van der Waals surface area contributed by atoms with Gasteiger partial charge in [0.2, 0.25) is 0 Å². The molecule has 309 valence electrons. The first kappa shape index (κ1) is 38.0. The Morgan fingerprint density at radius 1 is 0.594 bits per heavy atom. The summed E-state index contributed by atoms with van der Waals surface area (Å²) in [6.45, 7) is 18.6. The molecule has 4 heterocycles. The second-order valence-corrected chi connectivity index (χ2v) is 21.9. The molecule has 1 radical (unpaired) electrons. The van der Waals surface area contributed by atoms with E-state index in [9.17, 15) is 0 Å². The van der Waals surface area contributed by atoms with E-state index in [1.807, 2.05) is 11.3 Å². The van der Waals surface area contributed by atoms with Gasteiger partial charge >= 0.3 is 0 Å². The highest BCUT2D eigenvalue weighted by molar-refractivity contribution is 7.26. The second-order valence-electron chi connectivity index (χ2n) is 20.8. The number of anilines is 2. The van der Waals surface area contributed by atoms with E-state index in [2.05, 4.69) is 212 Å². The van der Waals surface area contributed by atoms with Gasteiger partial charge in [0.05, 0.1) is 11.2 Å². The van der Waals surface area contributed by atoms with Crippen LogP contribution in [0.15, 0.2) is 144 Å². The Morgan fingerprint density at radius 3 is 2.11 bits per heavy atom. The number of benzene rings is 8. The van der Waals surface area contributed by atoms with Crippen LogP contribution in [0, 0.1) is 0 Å². The van der Waals surface area contributed by atoms with Crippen molar-refractivity contribution >= 4 is 105 Å². The van der Waals surface area contributed by atoms with E-state index in [1.54, 1.807) is 0 Å². The van der Waals surface area contributed by atoms with Crippen LogP contribution in [0.3, 0.4) is 0 Å². The average molecular weight is 844 g/mol. The van der Waals surface area contributed by atoms with Gasteiger partial charge in [0.1, 0.15) is 11.2 Å². The SMILES string of the molecule is CC(C)(C)c1ccc(Nc2cc3oc4ccccc4c3cc2-c2c3c4c(c5cc(C(C)(C)C)ccc5n4-c4cc5c(cc4[B]3)-c3ccccc3C5(C)C)c3c2sc2ccccc23)cc1. The van der Waals surface area contributed by atoms with Gasteiger partial charge in [0.15, 0.2) is 7.28 Å². The molecule has 3 aromatic heterocycles. The zero-order valence-corrected chi connectivity index (χ0v) is 38.4. The van der Waals surface area contributed by atoms with Crippen LogP contribution in [0.5, 0.6) is 0 Å². The highest BCUT2D eigenvalue weighted by Crippen LogP contribution is 2.53. The van der Waals surface area contributed by atoms with Crippen LogP contribution >= 0.6 is 11.3 Å². The van der Waals surface area contributed by atoms with Crippen LogP contribution in [0.4, 0.5) is 11.4 Å². The van der Waals surface area contributed by atoms with Crippen molar-refractivity contribution in [1.29, 1.82) is 0 Å². The van der Waals surface area contributed by atoms with Crippen LogP contribution in [-0.2, 0) is 16.2 Å². The third kappa shape index (κ3) is 5.22. The topological polar surface area (TPSA) is 30.1 Å². The molecule has 13 rings (SSSR count). The predicted octanol–water partition coefficient (Wildman–Crippen LogP) is 15.3. The molecule has 0 saturated carbocycles. The van der Waals surface area contributed by atoms with Crippen LogP contribution < -0.4 is 16.2 Å². The summed E-state index contributed by atoms with van der Waals surface area (Å²) in [5.74, 6) is 0. The first-order valence-electron chi connectivity index (χ1n) is 22.7. The van der Waals surface area contributed by atoms with Crippen molar-refractivity contribution < 1.29 is 4.42 Å². The van der Waals surface area contributed by atoms with Crippen molar-refractivity contribution in [3.05, 3.63) is 162 Å². The van der Waals surface area contributed by atoms with Gasteiger partial charge in [-0.1, -0.05) is 146 Å². The van der Waals surface area contributed by atoms with E-state index in [-0.39, 0.29) is 16.2 Å². The molecule has 0 bridgehead atoms. The number of fused-ring (bicyclic) bond motifs is 15. The molecule has 1 N–H and O–H groups in total. The molecule has 0 spiro atoms. The van der Waals surface area contributed by atoms with Crippen molar-refractivity contribution in [2.24, 2.45) is 0 Å². The molecule has 64 heavy (non-hydrogen) atoms. The van der Waals surface area contributed by atoms with E-state index < -0.39 is 0 Å². The van der Waals surface area contributed by atoms with E-state index >= 15 is 0 Å². The number of furan rings is 1. The minimum atomic E-state index is -0.129. The maximum Gasteiger partial charge on any atom is 0.198 e. The van der Waals surface area contributed by atoms with Crippen LogP contribution in [-0.4, -0.2) is 11.8 Å². The largest absolute Gasteiger partial charge is 0.456 e. The van der Waals surface area contributed by atoms with Crippen LogP contribution in [0.25, 0.3) is 91.9 Å². The summed E-state index contributed by atoms with van der Waals surface area (Å²) in [4.78, 5) is 0. The molecule has 8 aromatic carbocycles. The molecule has 0 unspecified atom stereocenters. The second kappa shape index (κ2) is 12.8. The predicted molar refractivity (Wildman–Crippen MR) is 276 cm³/mol. The number of rotatable bonds is 3. The normalized spacial score (nSPS) is 14.2. The molecule has 3 nitrogen and oxygen atoms in total. The molecule has 0 amide bonds. The van der Waals surface area contributed by atoms with Crippen molar-refractivity contribution in [2.75, 3.05) is 5.32 Å². The minimum Gasteiger partial charge on any atom is -0.456 e. The van der Waals surface area contributed by atoms with Gasteiger partial charge in [0.25, 0.3) is 0 Å². The maximum atomic E-state index is 6.64. The average Bonchev–Trinajstić information content (AvgIpc) is 4.00. The molecule has 1 aliphatic heterocycles. The molecule has 0 saturated heterocycles. The van der Waals surface area contributed by atoms with Crippen molar-refractivity contribution in [3.8, 4) is 27.9 Å². The lowest BCUT2D eigenvalue weighted by atomic mass is 9.58. The Morgan fingerprint density at radius 2 is 1.31 bits per heavy atom. The Balaban J connectivity index is 1.20. The molecular formula is C59H48BN2OS. The van der Waals surface area contributed by atoms with Gasteiger partial charge in [-0.3, -0.25) is 0 Å². The third-order valence-corrected chi connectivity index (χ3v) is 15.7. The quantitative estimate of drug-likeness (QED) is 0.180. The lowest BCUT2D eigenvalue weighted by molar-refractivity contribution is 0.590. The first-order valence-corrected chi connectivity index (χ1v) is 23.5. The highest BCUT2D eigenvalue weighted by Gasteiger charge is 2.39. The van der Waals surface area contributed by atoms with E-state index in [0.717, 1.165) is 38.9 Å². The number of hydrogen-bond donors (Lipinski definition) is 1. The Hall–Kier alpha value is -6.56. The zero-order valence-electron chi connectivity index (χ0n) is 37.6. The lowest BCUT2D eigenvalue weighted by Crippen LogP contribution is -2.38. The van der Waals surface area contributed by atoms with Gasteiger partial charge < -0.3 is 14.3 Å². The molecular weight excluding hydrogens is 796 g/mol. The summed E-state index contributed by atoms with van der Waals surface area (Å²) in [5.41, 5.74) is 20.5. The summed E-state index contributed by atoms with van der Waals surface area (Å²) < 4.78 is 11.9. The summed E-state index contributed by atoms with van der Waals surface area (Å²) in [7, 11) is 2.52. The fourth-order valence-corrected chi connectivity index (χ4v) is 12.4. The van der Waals surface area contributed by atoms with Gasteiger partial charge in [-0.05, 0) is 104 Å². The van der Waals surface area contributed by atoms with Gasteiger partial charge in [-0.15, -0.1) is 11.3 Å². The highest BCUT2D eigenvalue weighted by atomic mass is 32.1. The summed E-state index contributed by atoms with van der Waals surface area (Å²) in [6.07, 6.45) is 0. The fraction of sp³-hybridized carbons (Fsp3) is 0.186. The molecule has 11 aromatic rings. The van der Waals surface area contributed by atoms with E-state index in [0.29, 0.717) is 0 Å². The number of nitrogens with zero attached hydrogens (tertiary/aromatic N) is 1. The standard InChI is InChI=1S/C59H48BN2OS/c1-57(2,3)32-21-24-34(25-22-32)61-45-31-49-39(36-16-10-13-19-48(36)63-49)28-40(45)53-54-55-51(52-37-17-11-14-20-50(37)64-56(52)53)41-27-33(58(4,5)6)23-26-46(41)62(55)47-30-43-38(29-44(47)60-54)35-15-9-12-18-42(35)59(43,7)8/h9-31,61H,1-8H3. The molecule has 0 atom stereocenters. The van der Waals surface area contributed by atoms with Crippen LogP contribution in [0.1, 0.15) is 77.6 Å². The van der Waals surface area contributed by atoms with Crippen molar-refractivity contribution in [1.82, 2.24) is 4.57 Å². The smallest absolute Gasteiger partial charge is 0.198 e. The molecule has 5 heteroatoms. The van der Waals surface area contributed by atoms with E-state index in [4.69, 9.17) is 4.42 Å². The van der Waals surface area contributed by atoms with Crippen molar-refractivity contribution in [3.63, 3.8) is 0 Å². The number of aromatic nitrogens is 1. The number of nitrogens with one attached hydrogen (secondary N) is 1. The monoisotopic (exact) mass is 843 g/mol. The third-order valence-electron chi connectivity index (χ3n) is 14.5. The van der Waals surface area contributed by atoms with Crippen molar-refractivity contribution in [2.45, 2.75) is 71.6 Å².